The van der Waals surface area contributed by atoms with Crippen LogP contribution in [0.2, 0.25) is 0 Å². The molecule has 0 radical (unpaired) electrons. The monoisotopic (exact) mass is 244 g/mol. The van der Waals surface area contributed by atoms with E-state index in [0.717, 1.165) is 25.4 Å². The van der Waals surface area contributed by atoms with Crippen molar-refractivity contribution in [1.29, 1.82) is 0 Å². The van der Waals surface area contributed by atoms with E-state index >= 15 is 0 Å². The van der Waals surface area contributed by atoms with Crippen LogP contribution in [-0.4, -0.2) is 13.1 Å². The Labute approximate surface area is 108 Å². The highest BCUT2D eigenvalue weighted by atomic mass is 16.3. The molecular formula is C15H20N2O. The number of anilines is 1. The summed E-state index contributed by atoms with van der Waals surface area (Å²) < 4.78 is 5.25. The van der Waals surface area contributed by atoms with E-state index in [1.165, 1.54) is 16.8 Å². The summed E-state index contributed by atoms with van der Waals surface area (Å²) in [5.74, 6) is 0.974. The van der Waals surface area contributed by atoms with Gasteiger partial charge in [-0.05, 0) is 37.6 Å². The Hall–Kier alpha value is -1.74. The minimum atomic E-state index is 0.779. The summed E-state index contributed by atoms with van der Waals surface area (Å²) in [6.07, 6.45) is 1.70. The van der Waals surface area contributed by atoms with Gasteiger partial charge in [0, 0.05) is 18.8 Å². The number of hydrogen-bond acceptors (Lipinski definition) is 3. The molecule has 0 fully saturated rings. The first-order valence-corrected chi connectivity index (χ1v) is 6.30. The standard InChI is InChI=1S/C15H20N2O/c1-12-5-6-15(13(2)10-12)17-8-7-16-11-14-4-3-9-18-14/h3-6,9-10,16-17H,7-8,11H2,1-2H3. The molecule has 0 bridgehead atoms. The van der Waals surface area contributed by atoms with Gasteiger partial charge in [0.15, 0.2) is 0 Å². The van der Waals surface area contributed by atoms with Crippen LogP contribution in [0.25, 0.3) is 0 Å². The lowest BCUT2D eigenvalue weighted by Crippen LogP contribution is -2.21. The summed E-state index contributed by atoms with van der Waals surface area (Å²) in [5, 5.41) is 6.76. The van der Waals surface area contributed by atoms with E-state index in [2.05, 4.69) is 42.7 Å². The number of furan rings is 1. The molecule has 0 aliphatic carbocycles. The topological polar surface area (TPSA) is 37.2 Å². The first-order valence-electron chi connectivity index (χ1n) is 6.30. The Morgan fingerprint density at radius 3 is 2.72 bits per heavy atom. The normalized spacial score (nSPS) is 10.6. The van der Waals surface area contributed by atoms with Crippen LogP contribution in [0.3, 0.4) is 0 Å². The molecule has 0 atom stereocenters. The molecule has 3 nitrogen and oxygen atoms in total. The van der Waals surface area contributed by atoms with Crippen molar-refractivity contribution < 1.29 is 4.42 Å². The van der Waals surface area contributed by atoms with Gasteiger partial charge in [-0.3, -0.25) is 0 Å². The molecular weight excluding hydrogens is 224 g/mol. The maximum atomic E-state index is 5.25. The van der Waals surface area contributed by atoms with Gasteiger partial charge in [0.05, 0.1) is 12.8 Å². The van der Waals surface area contributed by atoms with E-state index in [4.69, 9.17) is 4.42 Å². The summed E-state index contributed by atoms with van der Waals surface area (Å²) in [6.45, 7) is 6.84. The molecule has 0 aliphatic rings. The quantitative estimate of drug-likeness (QED) is 0.767. The number of aryl methyl sites for hydroxylation is 2. The molecule has 0 aliphatic heterocycles. The van der Waals surface area contributed by atoms with Crippen molar-refractivity contribution in [3.63, 3.8) is 0 Å². The first-order chi connectivity index (χ1) is 8.75. The average molecular weight is 244 g/mol. The smallest absolute Gasteiger partial charge is 0.117 e. The van der Waals surface area contributed by atoms with Gasteiger partial charge in [-0.1, -0.05) is 17.7 Å². The number of benzene rings is 1. The molecule has 96 valence electrons. The third kappa shape index (κ3) is 3.64. The van der Waals surface area contributed by atoms with Crippen molar-refractivity contribution in [2.45, 2.75) is 20.4 Å². The van der Waals surface area contributed by atoms with Crippen LogP contribution in [0.4, 0.5) is 5.69 Å². The SMILES string of the molecule is Cc1ccc(NCCNCc2ccco2)c(C)c1. The molecule has 1 aromatic heterocycles. The fraction of sp³-hybridized carbons (Fsp3) is 0.333. The van der Waals surface area contributed by atoms with Gasteiger partial charge in [-0.2, -0.15) is 0 Å². The van der Waals surface area contributed by atoms with Crippen LogP contribution < -0.4 is 10.6 Å². The van der Waals surface area contributed by atoms with Crippen molar-refractivity contribution >= 4 is 5.69 Å². The lowest BCUT2D eigenvalue weighted by Gasteiger charge is -2.10. The number of rotatable bonds is 6. The highest BCUT2D eigenvalue weighted by Crippen LogP contribution is 2.15. The Balaban J connectivity index is 1.69. The lowest BCUT2D eigenvalue weighted by molar-refractivity contribution is 0.486. The maximum absolute atomic E-state index is 5.25. The molecule has 0 saturated heterocycles. The molecule has 1 aromatic carbocycles. The van der Waals surface area contributed by atoms with Crippen molar-refractivity contribution in [2.75, 3.05) is 18.4 Å². The molecule has 2 rings (SSSR count). The van der Waals surface area contributed by atoms with Crippen molar-refractivity contribution in [2.24, 2.45) is 0 Å². The Morgan fingerprint density at radius 2 is 2.00 bits per heavy atom. The summed E-state index contributed by atoms with van der Waals surface area (Å²) in [7, 11) is 0. The van der Waals surface area contributed by atoms with E-state index in [9.17, 15) is 0 Å². The second kappa shape index (κ2) is 6.26. The zero-order valence-corrected chi connectivity index (χ0v) is 11.0. The second-order valence-corrected chi connectivity index (χ2v) is 4.50. The highest BCUT2D eigenvalue weighted by Gasteiger charge is 1.98. The molecule has 18 heavy (non-hydrogen) atoms. The van der Waals surface area contributed by atoms with Gasteiger partial charge in [0.2, 0.25) is 0 Å². The van der Waals surface area contributed by atoms with Gasteiger partial charge in [0.1, 0.15) is 5.76 Å². The van der Waals surface area contributed by atoms with Crippen molar-refractivity contribution in [3.8, 4) is 0 Å². The summed E-state index contributed by atoms with van der Waals surface area (Å²) in [5.41, 5.74) is 3.80. The van der Waals surface area contributed by atoms with E-state index in [-0.39, 0.29) is 0 Å². The highest BCUT2D eigenvalue weighted by molar-refractivity contribution is 5.51. The minimum Gasteiger partial charge on any atom is -0.468 e. The molecule has 0 spiro atoms. The van der Waals surface area contributed by atoms with Crippen molar-refractivity contribution in [1.82, 2.24) is 5.32 Å². The van der Waals surface area contributed by atoms with E-state index in [0.29, 0.717) is 0 Å². The van der Waals surface area contributed by atoms with Crippen LogP contribution in [0.5, 0.6) is 0 Å². The number of nitrogens with one attached hydrogen (secondary N) is 2. The summed E-state index contributed by atoms with van der Waals surface area (Å²) in [4.78, 5) is 0. The Morgan fingerprint density at radius 1 is 1.11 bits per heavy atom. The molecule has 0 saturated carbocycles. The van der Waals surface area contributed by atoms with Crippen LogP contribution >= 0.6 is 0 Å². The predicted molar refractivity (Wildman–Crippen MR) is 74.8 cm³/mol. The third-order valence-corrected chi connectivity index (χ3v) is 2.88. The van der Waals surface area contributed by atoms with Crippen LogP contribution in [-0.2, 0) is 6.54 Å². The van der Waals surface area contributed by atoms with Crippen LogP contribution in [0.1, 0.15) is 16.9 Å². The predicted octanol–water partition coefficient (Wildman–Crippen LogP) is 3.10. The fourth-order valence-corrected chi connectivity index (χ4v) is 1.92. The van der Waals surface area contributed by atoms with Gasteiger partial charge >= 0.3 is 0 Å². The van der Waals surface area contributed by atoms with Gasteiger partial charge in [0.25, 0.3) is 0 Å². The van der Waals surface area contributed by atoms with E-state index < -0.39 is 0 Å². The Bertz CT molecular complexity index is 477. The molecule has 2 aromatic rings. The van der Waals surface area contributed by atoms with Gasteiger partial charge in [-0.25, -0.2) is 0 Å². The fourth-order valence-electron chi connectivity index (χ4n) is 1.92. The van der Waals surface area contributed by atoms with Crippen LogP contribution in [0.15, 0.2) is 41.0 Å². The van der Waals surface area contributed by atoms with E-state index in [1.54, 1.807) is 6.26 Å². The zero-order chi connectivity index (χ0) is 12.8. The third-order valence-electron chi connectivity index (χ3n) is 2.88. The van der Waals surface area contributed by atoms with Crippen LogP contribution in [0, 0.1) is 13.8 Å². The molecule has 2 N–H and O–H groups in total. The minimum absolute atomic E-state index is 0.779. The zero-order valence-electron chi connectivity index (χ0n) is 11.0. The van der Waals surface area contributed by atoms with Gasteiger partial charge < -0.3 is 15.1 Å². The molecule has 1 heterocycles. The maximum Gasteiger partial charge on any atom is 0.117 e. The van der Waals surface area contributed by atoms with Gasteiger partial charge in [-0.15, -0.1) is 0 Å². The second-order valence-electron chi connectivity index (χ2n) is 4.50. The first kappa shape index (κ1) is 12.7. The average Bonchev–Trinajstić information content (AvgIpc) is 2.84. The lowest BCUT2D eigenvalue weighted by atomic mass is 10.1. The number of hydrogen-bond donors (Lipinski definition) is 2. The van der Waals surface area contributed by atoms with E-state index in [1.807, 2.05) is 12.1 Å². The Kier molecular flexibility index (Phi) is 4.42. The molecule has 3 heteroatoms. The molecule has 0 amide bonds. The summed E-state index contributed by atoms with van der Waals surface area (Å²) >= 11 is 0. The largest absolute Gasteiger partial charge is 0.468 e. The molecule has 0 unspecified atom stereocenters. The summed E-state index contributed by atoms with van der Waals surface area (Å²) in [6, 6.07) is 10.3. The van der Waals surface area contributed by atoms with Crippen molar-refractivity contribution in [3.05, 3.63) is 53.5 Å².